The van der Waals surface area contributed by atoms with Crippen LogP contribution >= 0.6 is 23.2 Å². The summed E-state index contributed by atoms with van der Waals surface area (Å²) < 4.78 is 4.85. The largest absolute Gasteiger partial charge is 0.469 e. The number of nitrogens with zero attached hydrogens (tertiary/aromatic N) is 3. The first kappa shape index (κ1) is 16.0. The van der Waals surface area contributed by atoms with Crippen molar-refractivity contribution in [3.05, 3.63) is 46.3 Å². The zero-order valence-electron chi connectivity index (χ0n) is 12.7. The van der Waals surface area contributed by atoms with Gasteiger partial charge in [-0.15, -0.1) is 0 Å². The maximum absolute atomic E-state index is 11.8. The first-order chi connectivity index (χ1) is 10.9. The van der Waals surface area contributed by atoms with Crippen molar-refractivity contribution in [2.75, 3.05) is 18.6 Å². The molecule has 23 heavy (non-hydrogen) atoms. The molecule has 0 amide bonds. The Kier molecular flexibility index (Phi) is 4.17. The maximum Gasteiger partial charge on any atom is 0.306 e. The van der Waals surface area contributed by atoms with Crippen molar-refractivity contribution >= 4 is 40.7 Å². The lowest BCUT2D eigenvalue weighted by atomic mass is 9.81. The van der Waals surface area contributed by atoms with E-state index in [0.717, 1.165) is 11.3 Å². The van der Waals surface area contributed by atoms with Gasteiger partial charge in [0.15, 0.2) is 5.82 Å². The summed E-state index contributed by atoms with van der Waals surface area (Å²) in [6, 6.07) is 7.87. The van der Waals surface area contributed by atoms with Crippen molar-refractivity contribution in [2.45, 2.75) is 18.8 Å². The number of anilines is 2. The summed E-state index contributed by atoms with van der Waals surface area (Å²) >= 11 is 12.2. The van der Waals surface area contributed by atoms with Gasteiger partial charge in [-0.2, -0.15) is 4.98 Å². The fraction of sp³-hybridized carbons (Fsp3) is 0.312. The van der Waals surface area contributed by atoms with Crippen LogP contribution in [0.25, 0.3) is 0 Å². The normalized spacial score (nSPS) is 19.6. The van der Waals surface area contributed by atoms with E-state index in [0.29, 0.717) is 17.4 Å². The predicted molar refractivity (Wildman–Crippen MR) is 89.5 cm³/mol. The summed E-state index contributed by atoms with van der Waals surface area (Å²) in [5.41, 5.74) is 1.61. The van der Waals surface area contributed by atoms with E-state index >= 15 is 0 Å². The SMILES string of the molecule is COC(=O)C[C@]1(C)CN(c2nc(Cl)ncc2Cl)c2ccccc21. The summed E-state index contributed by atoms with van der Waals surface area (Å²) in [5, 5.41) is 0.537. The van der Waals surface area contributed by atoms with Crippen LogP contribution < -0.4 is 4.90 Å². The zero-order valence-corrected chi connectivity index (χ0v) is 14.2. The molecule has 0 unspecified atom stereocenters. The molecule has 5 nitrogen and oxygen atoms in total. The van der Waals surface area contributed by atoms with Gasteiger partial charge in [0.25, 0.3) is 0 Å². The molecule has 3 rings (SSSR count). The predicted octanol–water partition coefficient (Wildman–Crippen LogP) is 3.76. The number of ether oxygens (including phenoxy) is 1. The Morgan fingerprint density at radius 3 is 2.87 bits per heavy atom. The lowest BCUT2D eigenvalue weighted by molar-refractivity contribution is -0.141. The molecule has 0 N–H and O–H groups in total. The number of benzene rings is 1. The number of hydrogen-bond acceptors (Lipinski definition) is 5. The standard InChI is InChI=1S/C16H15Cl2N3O2/c1-16(7-13(22)23-2)9-21(12-6-4-3-5-10(12)16)14-11(17)8-19-15(18)20-14/h3-6,8H,7,9H2,1-2H3/t16-/m1/s1. The van der Waals surface area contributed by atoms with E-state index in [2.05, 4.69) is 9.97 Å². The number of methoxy groups -OCH3 is 1. The van der Waals surface area contributed by atoms with Crippen LogP contribution in [0.5, 0.6) is 0 Å². The molecule has 0 saturated heterocycles. The van der Waals surface area contributed by atoms with Crippen LogP contribution in [-0.2, 0) is 14.9 Å². The molecule has 1 aliphatic rings. The molecule has 0 saturated carbocycles. The minimum Gasteiger partial charge on any atom is -0.469 e. The minimum absolute atomic E-state index is 0.128. The first-order valence-corrected chi connectivity index (χ1v) is 7.82. The average Bonchev–Trinajstić information content (AvgIpc) is 2.83. The van der Waals surface area contributed by atoms with Gasteiger partial charge in [0.1, 0.15) is 5.02 Å². The second-order valence-corrected chi connectivity index (χ2v) is 6.47. The van der Waals surface area contributed by atoms with E-state index in [1.807, 2.05) is 36.1 Å². The molecule has 1 atom stereocenters. The van der Waals surface area contributed by atoms with Crippen LogP contribution in [0, 0.1) is 0 Å². The number of carbonyl (C=O) groups is 1. The highest BCUT2D eigenvalue weighted by atomic mass is 35.5. The maximum atomic E-state index is 11.8. The molecule has 7 heteroatoms. The number of halogens is 2. The number of aromatic nitrogens is 2. The second kappa shape index (κ2) is 5.98. The molecule has 2 heterocycles. The molecule has 0 radical (unpaired) electrons. The zero-order chi connectivity index (χ0) is 16.6. The van der Waals surface area contributed by atoms with Gasteiger partial charge in [0.05, 0.1) is 19.7 Å². The van der Waals surface area contributed by atoms with Crippen molar-refractivity contribution in [1.82, 2.24) is 9.97 Å². The van der Waals surface area contributed by atoms with Crippen LogP contribution in [0.15, 0.2) is 30.5 Å². The van der Waals surface area contributed by atoms with Gasteiger partial charge in [0, 0.05) is 17.6 Å². The molecule has 1 aliphatic heterocycles. The highest BCUT2D eigenvalue weighted by Crippen LogP contribution is 2.47. The molecule has 0 spiro atoms. The van der Waals surface area contributed by atoms with E-state index in [1.54, 1.807) is 0 Å². The van der Waals surface area contributed by atoms with Crippen LogP contribution in [0.1, 0.15) is 18.9 Å². The molecule has 1 aromatic heterocycles. The number of esters is 1. The molecular weight excluding hydrogens is 337 g/mol. The smallest absolute Gasteiger partial charge is 0.306 e. The molecule has 120 valence electrons. The number of para-hydroxylation sites is 1. The van der Waals surface area contributed by atoms with E-state index < -0.39 is 5.41 Å². The number of rotatable bonds is 3. The van der Waals surface area contributed by atoms with Gasteiger partial charge in [-0.3, -0.25) is 4.79 Å². The Labute approximate surface area is 144 Å². The van der Waals surface area contributed by atoms with Crippen molar-refractivity contribution in [2.24, 2.45) is 0 Å². The van der Waals surface area contributed by atoms with Crippen molar-refractivity contribution < 1.29 is 9.53 Å². The topological polar surface area (TPSA) is 55.3 Å². The van der Waals surface area contributed by atoms with Gasteiger partial charge in [-0.05, 0) is 23.2 Å². The summed E-state index contributed by atoms with van der Waals surface area (Å²) in [6.07, 6.45) is 1.75. The van der Waals surface area contributed by atoms with Crippen molar-refractivity contribution in [3.8, 4) is 0 Å². The Bertz CT molecular complexity index is 769. The Morgan fingerprint density at radius 1 is 1.39 bits per heavy atom. The Hall–Kier alpha value is -1.85. The van der Waals surface area contributed by atoms with Crippen LogP contribution in [0.3, 0.4) is 0 Å². The van der Waals surface area contributed by atoms with Crippen LogP contribution in [-0.4, -0.2) is 29.6 Å². The summed E-state index contributed by atoms with van der Waals surface area (Å²) in [4.78, 5) is 21.9. The molecular formula is C16H15Cl2N3O2. The first-order valence-electron chi connectivity index (χ1n) is 7.06. The third kappa shape index (κ3) is 2.86. The van der Waals surface area contributed by atoms with Gasteiger partial charge in [-0.1, -0.05) is 36.7 Å². The van der Waals surface area contributed by atoms with E-state index in [1.165, 1.54) is 13.3 Å². The fourth-order valence-corrected chi connectivity index (χ4v) is 3.32. The number of carbonyl (C=O) groups excluding carboxylic acids is 1. The summed E-state index contributed by atoms with van der Waals surface area (Å²) in [5.74, 6) is 0.281. The van der Waals surface area contributed by atoms with Gasteiger partial charge in [0.2, 0.25) is 5.28 Å². The van der Waals surface area contributed by atoms with E-state index in [9.17, 15) is 4.79 Å². The fourth-order valence-electron chi connectivity index (χ4n) is 3.00. The monoisotopic (exact) mass is 351 g/mol. The summed E-state index contributed by atoms with van der Waals surface area (Å²) in [7, 11) is 1.39. The van der Waals surface area contributed by atoms with Crippen molar-refractivity contribution in [1.29, 1.82) is 0 Å². The van der Waals surface area contributed by atoms with Gasteiger partial charge < -0.3 is 9.64 Å². The lowest BCUT2D eigenvalue weighted by Crippen LogP contribution is -2.31. The van der Waals surface area contributed by atoms with E-state index in [-0.39, 0.29) is 17.7 Å². The highest BCUT2D eigenvalue weighted by Gasteiger charge is 2.42. The molecule has 0 fully saturated rings. The van der Waals surface area contributed by atoms with Crippen LogP contribution in [0.2, 0.25) is 10.3 Å². The Morgan fingerprint density at radius 2 is 2.13 bits per heavy atom. The third-order valence-corrected chi connectivity index (χ3v) is 4.51. The quantitative estimate of drug-likeness (QED) is 0.622. The van der Waals surface area contributed by atoms with E-state index in [4.69, 9.17) is 27.9 Å². The second-order valence-electron chi connectivity index (χ2n) is 5.73. The highest BCUT2D eigenvalue weighted by molar-refractivity contribution is 6.33. The molecule has 0 bridgehead atoms. The molecule has 1 aromatic carbocycles. The minimum atomic E-state index is -0.398. The average molecular weight is 352 g/mol. The number of fused-ring (bicyclic) bond motifs is 1. The molecule has 0 aliphatic carbocycles. The molecule has 2 aromatic rings. The lowest BCUT2D eigenvalue weighted by Gasteiger charge is -2.25. The Balaban J connectivity index is 2.08. The van der Waals surface area contributed by atoms with Gasteiger partial charge >= 0.3 is 5.97 Å². The van der Waals surface area contributed by atoms with Gasteiger partial charge in [-0.25, -0.2) is 4.98 Å². The van der Waals surface area contributed by atoms with Crippen molar-refractivity contribution in [3.63, 3.8) is 0 Å². The number of hydrogen-bond donors (Lipinski definition) is 0. The summed E-state index contributed by atoms with van der Waals surface area (Å²) in [6.45, 7) is 2.58. The van der Waals surface area contributed by atoms with Crippen LogP contribution in [0.4, 0.5) is 11.5 Å². The third-order valence-electron chi connectivity index (χ3n) is 4.07.